The number of rotatable bonds is 6. The lowest BCUT2D eigenvalue weighted by molar-refractivity contribution is 0.102. The summed E-state index contributed by atoms with van der Waals surface area (Å²) in [5.41, 5.74) is 2.54. The molecule has 1 amide bonds. The topological polar surface area (TPSA) is 63.2 Å². The molecule has 26 heavy (non-hydrogen) atoms. The molecule has 132 valence electrons. The van der Waals surface area contributed by atoms with E-state index in [2.05, 4.69) is 15.6 Å². The molecule has 3 rings (SSSR count). The van der Waals surface area contributed by atoms with Crippen LogP contribution in [0.2, 0.25) is 5.02 Å². The number of amides is 1. The van der Waals surface area contributed by atoms with E-state index in [1.54, 1.807) is 30.5 Å². The number of carbonyl (C=O) groups excluding carboxylic acids is 1. The molecule has 0 spiro atoms. The summed E-state index contributed by atoms with van der Waals surface area (Å²) in [4.78, 5) is 16.6. The predicted molar refractivity (Wildman–Crippen MR) is 105 cm³/mol. The third-order valence-electron chi connectivity index (χ3n) is 3.54. The molecule has 3 aromatic rings. The van der Waals surface area contributed by atoms with Crippen LogP contribution in [0.4, 0.5) is 17.1 Å². The Bertz CT molecular complexity index is 898. The van der Waals surface area contributed by atoms with Crippen molar-refractivity contribution in [2.75, 3.05) is 17.2 Å². The molecule has 0 radical (unpaired) electrons. The van der Waals surface area contributed by atoms with E-state index in [0.717, 1.165) is 11.4 Å². The molecule has 0 fully saturated rings. The zero-order valence-electron chi connectivity index (χ0n) is 14.2. The number of pyridine rings is 1. The van der Waals surface area contributed by atoms with Gasteiger partial charge in [0.2, 0.25) is 0 Å². The Morgan fingerprint density at radius 2 is 1.92 bits per heavy atom. The summed E-state index contributed by atoms with van der Waals surface area (Å²) in [6, 6.07) is 18.1. The number of ether oxygens (including phenoxy) is 1. The quantitative estimate of drug-likeness (QED) is 0.634. The van der Waals surface area contributed by atoms with Crippen LogP contribution >= 0.6 is 11.6 Å². The third-order valence-corrected chi connectivity index (χ3v) is 3.78. The van der Waals surface area contributed by atoms with Gasteiger partial charge in [-0.05, 0) is 49.4 Å². The van der Waals surface area contributed by atoms with E-state index in [-0.39, 0.29) is 5.91 Å². The summed E-state index contributed by atoms with van der Waals surface area (Å²) in [6.07, 6.45) is 1.60. The summed E-state index contributed by atoms with van der Waals surface area (Å²) in [7, 11) is 0. The maximum absolute atomic E-state index is 12.4. The molecular formula is C20H18ClN3O2. The lowest BCUT2D eigenvalue weighted by Crippen LogP contribution is -2.14. The fourth-order valence-corrected chi connectivity index (χ4v) is 2.56. The fourth-order valence-electron chi connectivity index (χ4n) is 2.37. The standard InChI is InChI=1S/C20H18ClN3O2/c1-2-26-19-9-4-3-8-17(19)24-20(25)18-11-10-16(13-22-18)23-15-7-5-6-14(21)12-15/h3-13,23H,2H2,1H3,(H,24,25). The average Bonchev–Trinajstić information content (AvgIpc) is 2.64. The number of anilines is 3. The fraction of sp³-hybridized carbons (Fsp3) is 0.100. The SMILES string of the molecule is CCOc1ccccc1NC(=O)c1ccc(Nc2cccc(Cl)c2)cn1. The van der Waals surface area contributed by atoms with Gasteiger partial charge in [-0.3, -0.25) is 4.79 Å². The Kier molecular flexibility index (Phi) is 5.71. The maximum Gasteiger partial charge on any atom is 0.274 e. The van der Waals surface area contributed by atoms with E-state index in [9.17, 15) is 4.79 Å². The molecule has 2 aromatic carbocycles. The summed E-state index contributed by atoms with van der Waals surface area (Å²) in [5, 5.41) is 6.66. The van der Waals surface area contributed by atoms with Crippen molar-refractivity contribution in [2.45, 2.75) is 6.92 Å². The van der Waals surface area contributed by atoms with Gasteiger partial charge in [0.15, 0.2) is 0 Å². The molecule has 0 aliphatic rings. The third kappa shape index (κ3) is 4.52. The van der Waals surface area contributed by atoms with Crippen molar-refractivity contribution in [2.24, 2.45) is 0 Å². The highest BCUT2D eigenvalue weighted by atomic mass is 35.5. The van der Waals surface area contributed by atoms with Crippen LogP contribution in [-0.4, -0.2) is 17.5 Å². The molecule has 0 bridgehead atoms. The number of hydrogen-bond acceptors (Lipinski definition) is 4. The number of aromatic nitrogens is 1. The smallest absolute Gasteiger partial charge is 0.274 e. The van der Waals surface area contributed by atoms with Crippen LogP contribution < -0.4 is 15.4 Å². The van der Waals surface area contributed by atoms with E-state index in [4.69, 9.17) is 16.3 Å². The molecule has 0 saturated carbocycles. The molecular weight excluding hydrogens is 350 g/mol. The number of benzene rings is 2. The monoisotopic (exact) mass is 367 g/mol. The van der Waals surface area contributed by atoms with E-state index in [1.165, 1.54) is 0 Å². The van der Waals surface area contributed by atoms with Crippen molar-refractivity contribution in [3.63, 3.8) is 0 Å². The number of halogens is 1. The number of para-hydroxylation sites is 2. The lowest BCUT2D eigenvalue weighted by atomic mass is 10.2. The number of nitrogens with zero attached hydrogens (tertiary/aromatic N) is 1. The largest absolute Gasteiger partial charge is 0.492 e. The molecule has 6 heteroatoms. The van der Waals surface area contributed by atoms with Crippen LogP contribution in [0, 0.1) is 0 Å². The van der Waals surface area contributed by atoms with Gasteiger partial charge < -0.3 is 15.4 Å². The number of carbonyl (C=O) groups is 1. The lowest BCUT2D eigenvalue weighted by Gasteiger charge is -2.11. The van der Waals surface area contributed by atoms with Crippen LogP contribution in [0.5, 0.6) is 5.75 Å². The summed E-state index contributed by atoms with van der Waals surface area (Å²) in [5.74, 6) is 0.328. The molecule has 0 aliphatic carbocycles. The average molecular weight is 368 g/mol. The second kappa shape index (κ2) is 8.36. The van der Waals surface area contributed by atoms with Crippen LogP contribution in [0.15, 0.2) is 66.9 Å². The van der Waals surface area contributed by atoms with E-state index in [1.807, 2.05) is 43.3 Å². The molecule has 1 aromatic heterocycles. The van der Waals surface area contributed by atoms with Gasteiger partial charge in [0.25, 0.3) is 5.91 Å². The van der Waals surface area contributed by atoms with Gasteiger partial charge in [0.05, 0.1) is 24.2 Å². The van der Waals surface area contributed by atoms with Crippen molar-refractivity contribution >= 4 is 34.6 Å². The van der Waals surface area contributed by atoms with E-state index >= 15 is 0 Å². The molecule has 1 heterocycles. The van der Waals surface area contributed by atoms with Gasteiger partial charge >= 0.3 is 0 Å². The summed E-state index contributed by atoms with van der Waals surface area (Å²) < 4.78 is 5.51. The summed E-state index contributed by atoms with van der Waals surface area (Å²) >= 11 is 5.97. The van der Waals surface area contributed by atoms with Gasteiger partial charge in [0, 0.05) is 10.7 Å². The Morgan fingerprint density at radius 3 is 2.65 bits per heavy atom. The number of hydrogen-bond donors (Lipinski definition) is 2. The normalized spacial score (nSPS) is 10.2. The first-order valence-electron chi connectivity index (χ1n) is 8.17. The molecule has 0 atom stereocenters. The molecule has 0 aliphatic heterocycles. The zero-order valence-corrected chi connectivity index (χ0v) is 15.0. The minimum atomic E-state index is -0.300. The van der Waals surface area contributed by atoms with Crippen LogP contribution in [-0.2, 0) is 0 Å². The predicted octanol–water partition coefficient (Wildman–Crippen LogP) is 5.13. The Balaban J connectivity index is 1.69. The molecule has 2 N–H and O–H groups in total. The van der Waals surface area contributed by atoms with Gasteiger partial charge in [-0.1, -0.05) is 29.8 Å². The maximum atomic E-state index is 12.4. The van der Waals surface area contributed by atoms with Crippen molar-refractivity contribution < 1.29 is 9.53 Å². The summed E-state index contributed by atoms with van der Waals surface area (Å²) in [6.45, 7) is 2.42. The van der Waals surface area contributed by atoms with Gasteiger partial charge in [0.1, 0.15) is 11.4 Å². The minimum absolute atomic E-state index is 0.300. The van der Waals surface area contributed by atoms with Gasteiger partial charge in [-0.2, -0.15) is 0 Å². The molecule has 5 nitrogen and oxygen atoms in total. The first kappa shape index (κ1) is 17.8. The minimum Gasteiger partial charge on any atom is -0.492 e. The first-order chi connectivity index (χ1) is 12.7. The first-order valence-corrected chi connectivity index (χ1v) is 8.55. The zero-order chi connectivity index (χ0) is 18.4. The van der Waals surface area contributed by atoms with Crippen molar-refractivity contribution in [3.8, 4) is 5.75 Å². The van der Waals surface area contributed by atoms with Crippen LogP contribution in [0.25, 0.3) is 0 Å². The van der Waals surface area contributed by atoms with Crippen LogP contribution in [0.3, 0.4) is 0 Å². The van der Waals surface area contributed by atoms with Crippen LogP contribution in [0.1, 0.15) is 17.4 Å². The van der Waals surface area contributed by atoms with Crippen molar-refractivity contribution in [1.29, 1.82) is 0 Å². The molecule has 0 saturated heterocycles. The van der Waals surface area contributed by atoms with Gasteiger partial charge in [-0.15, -0.1) is 0 Å². The van der Waals surface area contributed by atoms with Gasteiger partial charge in [-0.25, -0.2) is 4.98 Å². The Hall–Kier alpha value is -3.05. The molecule has 0 unspecified atom stereocenters. The second-order valence-corrected chi connectivity index (χ2v) is 5.89. The Morgan fingerprint density at radius 1 is 1.08 bits per heavy atom. The van der Waals surface area contributed by atoms with E-state index in [0.29, 0.717) is 28.8 Å². The van der Waals surface area contributed by atoms with Crippen molar-refractivity contribution in [1.82, 2.24) is 4.98 Å². The highest BCUT2D eigenvalue weighted by Gasteiger charge is 2.11. The van der Waals surface area contributed by atoms with Crippen molar-refractivity contribution in [3.05, 3.63) is 77.6 Å². The van der Waals surface area contributed by atoms with E-state index < -0.39 is 0 Å². The highest BCUT2D eigenvalue weighted by molar-refractivity contribution is 6.30. The highest BCUT2D eigenvalue weighted by Crippen LogP contribution is 2.24. The number of nitrogens with one attached hydrogen (secondary N) is 2. The Labute approximate surface area is 157 Å². The second-order valence-electron chi connectivity index (χ2n) is 5.45.